The van der Waals surface area contributed by atoms with Crippen LogP contribution in [0.5, 0.6) is 17.5 Å². The van der Waals surface area contributed by atoms with Crippen molar-refractivity contribution in [3.05, 3.63) is 39.7 Å². The van der Waals surface area contributed by atoms with Crippen LogP contribution in [0, 0.1) is 14.9 Å². The lowest BCUT2D eigenvalue weighted by Gasteiger charge is -2.08. The second-order valence-electron chi connectivity index (χ2n) is 3.26. The minimum absolute atomic E-state index is 0.235. The molecule has 0 atom stereocenters. The number of nitriles is 1. The quantitative estimate of drug-likeness (QED) is 0.794. The van der Waals surface area contributed by atoms with Crippen molar-refractivity contribution in [2.75, 3.05) is 7.11 Å². The van der Waals surface area contributed by atoms with Gasteiger partial charge >= 0.3 is 6.01 Å². The van der Waals surface area contributed by atoms with E-state index in [4.69, 9.17) is 14.7 Å². The SMILES string of the molecule is COc1cc(C#N)ccc1Oc1ncc(I)cn1. The third-order valence-electron chi connectivity index (χ3n) is 2.09. The maximum atomic E-state index is 8.80. The zero-order chi connectivity index (χ0) is 13.0. The second kappa shape index (κ2) is 5.64. The van der Waals surface area contributed by atoms with E-state index in [1.54, 1.807) is 30.6 Å². The molecule has 1 aromatic carbocycles. The Bertz CT molecular complexity index is 593. The lowest BCUT2D eigenvalue weighted by atomic mass is 10.2. The smallest absolute Gasteiger partial charge is 0.322 e. The molecule has 0 aliphatic heterocycles. The van der Waals surface area contributed by atoms with E-state index >= 15 is 0 Å². The summed E-state index contributed by atoms with van der Waals surface area (Å²) in [6.07, 6.45) is 3.30. The molecular formula is C12H8IN3O2. The number of hydrogen-bond donors (Lipinski definition) is 0. The highest BCUT2D eigenvalue weighted by Crippen LogP contribution is 2.30. The number of nitrogens with zero attached hydrogens (tertiary/aromatic N) is 3. The fourth-order valence-electron chi connectivity index (χ4n) is 1.27. The van der Waals surface area contributed by atoms with E-state index in [9.17, 15) is 0 Å². The topological polar surface area (TPSA) is 68.0 Å². The minimum Gasteiger partial charge on any atom is -0.493 e. The van der Waals surface area contributed by atoms with Crippen molar-refractivity contribution in [3.63, 3.8) is 0 Å². The summed E-state index contributed by atoms with van der Waals surface area (Å²) in [6, 6.07) is 7.16. The number of hydrogen-bond acceptors (Lipinski definition) is 5. The number of ether oxygens (including phenoxy) is 2. The Morgan fingerprint density at radius 2 is 1.94 bits per heavy atom. The number of methoxy groups -OCH3 is 1. The average molecular weight is 353 g/mol. The zero-order valence-electron chi connectivity index (χ0n) is 9.42. The lowest BCUT2D eigenvalue weighted by molar-refractivity contribution is 0.368. The van der Waals surface area contributed by atoms with Crippen molar-refractivity contribution in [1.29, 1.82) is 5.26 Å². The van der Waals surface area contributed by atoms with Crippen molar-refractivity contribution in [3.8, 4) is 23.6 Å². The van der Waals surface area contributed by atoms with Gasteiger partial charge in [0.15, 0.2) is 11.5 Å². The molecule has 18 heavy (non-hydrogen) atoms. The summed E-state index contributed by atoms with van der Waals surface area (Å²) in [5.74, 6) is 0.939. The standard InChI is InChI=1S/C12H8IN3O2/c1-17-11-4-8(5-14)2-3-10(11)18-12-15-6-9(13)7-16-12/h2-4,6-7H,1H3. The van der Waals surface area contributed by atoms with Crippen LogP contribution >= 0.6 is 22.6 Å². The monoisotopic (exact) mass is 353 g/mol. The van der Waals surface area contributed by atoms with E-state index in [0.29, 0.717) is 17.1 Å². The normalized spacial score (nSPS) is 9.61. The summed E-state index contributed by atoms with van der Waals surface area (Å²) in [5, 5.41) is 8.80. The van der Waals surface area contributed by atoms with E-state index in [0.717, 1.165) is 3.57 Å². The summed E-state index contributed by atoms with van der Waals surface area (Å²) in [4.78, 5) is 8.06. The van der Waals surface area contributed by atoms with Gasteiger partial charge in [0.1, 0.15) is 0 Å². The van der Waals surface area contributed by atoms with Gasteiger partial charge in [0.05, 0.1) is 18.7 Å². The molecule has 1 aromatic heterocycles. The van der Waals surface area contributed by atoms with E-state index in [-0.39, 0.29) is 6.01 Å². The summed E-state index contributed by atoms with van der Waals surface area (Å²) in [6.45, 7) is 0. The van der Waals surface area contributed by atoms with Crippen LogP contribution in [0.15, 0.2) is 30.6 Å². The molecule has 0 amide bonds. The molecule has 0 aliphatic carbocycles. The lowest BCUT2D eigenvalue weighted by Crippen LogP contribution is -1.95. The zero-order valence-corrected chi connectivity index (χ0v) is 11.6. The van der Waals surface area contributed by atoms with Crippen molar-refractivity contribution < 1.29 is 9.47 Å². The Morgan fingerprint density at radius 1 is 1.22 bits per heavy atom. The first kappa shape index (κ1) is 12.6. The first-order chi connectivity index (χ1) is 8.72. The molecule has 6 heteroatoms. The summed E-state index contributed by atoms with van der Waals surface area (Å²) < 4.78 is 11.6. The van der Waals surface area contributed by atoms with E-state index in [2.05, 4.69) is 32.6 Å². The predicted octanol–water partition coefficient (Wildman–Crippen LogP) is 2.75. The highest BCUT2D eigenvalue weighted by Gasteiger charge is 2.08. The Kier molecular flexibility index (Phi) is 3.94. The Hall–Kier alpha value is -1.88. The first-order valence-electron chi connectivity index (χ1n) is 4.96. The highest BCUT2D eigenvalue weighted by atomic mass is 127. The summed E-state index contributed by atoms with van der Waals surface area (Å²) in [7, 11) is 1.51. The van der Waals surface area contributed by atoms with Crippen LogP contribution in [0.25, 0.3) is 0 Å². The fraction of sp³-hybridized carbons (Fsp3) is 0.0833. The molecule has 0 fully saturated rings. The van der Waals surface area contributed by atoms with Crippen LogP contribution in [-0.4, -0.2) is 17.1 Å². The average Bonchev–Trinajstić information content (AvgIpc) is 2.41. The van der Waals surface area contributed by atoms with Crippen LogP contribution in [-0.2, 0) is 0 Å². The van der Waals surface area contributed by atoms with Gasteiger partial charge in [-0.1, -0.05) is 0 Å². The van der Waals surface area contributed by atoms with Gasteiger partial charge in [-0.15, -0.1) is 0 Å². The minimum atomic E-state index is 0.235. The Balaban J connectivity index is 2.29. The molecule has 2 aromatic rings. The van der Waals surface area contributed by atoms with Gasteiger partial charge in [0.25, 0.3) is 0 Å². The van der Waals surface area contributed by atoms with Gasteiger partial charge < -0.3 is 9.47 Å². The maximum Gasteiger partial charge on any atom is 0.322 e. The van der Waals surface area contributed by atoms with Crippen molar-refractivity contribution in [1.82, 2.24) is 9.97 Å². The molecular weight excluding hydrogens is 345 g/mol. The largest absolute Gasteiger partial charge is 0.493 e. The van der Waals surface area contributed by atoms with Gasteiger partial charge in [-0.2, -0.15) is 5.26 Å². The molecule has 0 aliphatic rings. The Morgan fingerprint density at radius 3 is 2.56 bits per heavy atom. The fourth-order valence-corrected chi connectivity index (χ4v) is 1.55. The van der Waals surface area contributed by atoms with E-state index in [1.807, 2.05) is 6.07 Å². The van der Waals surface area contributed by atoms with Gasteiger partial charge in [-0.25, -0.2) is 9.97 Å². The number of aromatic nitrogens is 2. The van der Waals surface area contributed by atoms with Crippen LogP contribution in [0.3, 0.4) is 0 Å². The summed E-state index contributed by atoms with van der Waals surface area (Å²) >= 11 is 2.11. The van der Waals surface area contributed by atoms with Gasteiger partial charge in [-0.05, 0) is 34.7 Å². The van der Waals surface area contributed by atoms with Crippen LogP contribution in [0.4, 0.5) is 0 Å². The predicted molar refractivity (Wildman–Crippen MR) is 72.5 cm³/mol. The summed E-state index contributed by atoms with van der Waals surface area (Å²) in [5.41, 5.74) is 0.503. The molecule has 5 nitrogen and oxygen atoms in total. The second-order valence-corrected chi connectivity index (χ2v) is 4.51. The maximum absolute atomic E-state index is 8.80. The van der Waals surface area contributed by atoms with Crippen molar-refractivity contribution >= 4 is 22.6 Å². The molecule has 0 bridgehead atoms. The third-order valence-corrected chi connectivity index (χ3v) is 2.65. The Labute approximate surface area is 118 Å². The molecule has 1 heterocycles. The van der Waals surface area contributed by atoms with Crippen LogP contribution < -0.4 is 9.47 Å². The molecule has 0 radical (unpaired) electrons. The van der Waals surface area contributed by atoms with Crippen molar-refractivity contribution in [2.24, 2.45) is 0 Å². The number of rotatable bonds is 3. The number of benzene rings is 1. The first-order valence-corrected chi connectivity index (χ1v) is 6.04. The molecule has 90 valence electrons. The molecule has 0 spiro atoms. The van der Waals surface area contributed by atoms with E-state index in [1.165, 1.54) is 7.11 Å². The molecule has 2 rings (SSSR count). The molecule has 0 N–H and O–H groups in total. The number of halogens is 1. The molecule has 0 saturated heterocycles. The van der Waals surface area contributed by atoms with Crippen LogP contribution in [0.1, 0.15) is 5.56 Å². The highest BCUT2D eigenvalue weighted by molar-refractivity contribution is 14.1. The third kappa shape index (κ3) is 2.87. The van der Waals surface area contributed by atoms with Gasteiger partial charge in [0, 0.05) is 22.0 Å². The van der Waals surface area contributed by atoms with Gasteiger partial charge in [0.2, 0.25) is 0 Å². The molecule has 0 saturated carbocycles. The van der Waals surface area contributed by atoms with Crippen molar-refractivity contribution in [2.45, 2.75) is 0 Å². The van der Waals surface area contributed by atoms with Gasteiger partial charge in [-0.3, -0.25) is 0 Å². The van der Waals surface area contributed by atoms with Crippen LogP contribution in [0.2, 0.25) is 0 Å². The van der Waals surface area contributed by atoms with E-state index < -0.39 is 0 Å². The molecule has 0 unspecified atom stereocenters.